The van der Waals surface area contributed by atoms with E-state index in [9.17, 15) is 14.3 Å². The van der Waals surface area contributed by atoms with E-state index in [0.717, 1.165) is 11.1 Å². The van der Waals surface area contributed by atoms with Crippen LogP contribution in [0.15, 0.2) is 71.3 Å². The monoisotopic (exact) mass is 570 g/mol. The second-order valence-electron chi connectivity index (χ2n) is 10.2. The molecule has 2 aromatic heterocycles. The lowest BCUT2D eigenvalue weighted by atomic mass is 9.89. The number of furan rings is 1. The summed E-state index contributed by atoms with van der Waals surface area (Å²) in [6.45, 7) is 6.12. The van der Waals surface area contributed by atoms with Crippen LogP contribution in [0.25, 0.3) is 21.7 Å². The average Bonchev–Trinajstić information content (AvgIpc) is 3.36. The smallest absolute Gasteiger partial charge is 0.342 e. The molecule has 3 heterocycles. The molecule has 0 amide bonds. The lowest BCUT2D eigenvalue weighted by Gasteiger charge is -2.36. The van der Waals surface area contributed by atoms with Crippen LogP contribution in [-0.2, 0) is 16.1 Å². The normalized spacial score (nSPS) is 14.7. The summed E-state index contributed by atoms with van der Waals surface area (Å²) in [5, 5.41) is 13.8. The van der Waals surface area contributed by atoms with E-state index >= 15 is 0 Å². The molecule has 1 saturated heterocycles. The van der Waals surface area contributed by atoms with Crippen LogP contribution in [0.1, 0.15) is 45.8 Å². The van der Waals surface area contributed by atoms with Gasteiger partial charge >= 0.3 is 5.97 Å². The molecule has 1 aliphatic rings. The van der Waals surface area contributed by atoms with Crippen molar-refractivity contribution in [2.45, 2.75) is 26.5 Å². The van der Waals surface area contributed by atoms with E-state index in [-0.39, 0.29) is 24.8 Å². The number of fused-ring (bicyclic) bond motifs is 3. The minimum Gasteiger partial charge on any atom is -0.507 e. The second-order valence-corrected chi connectivity index (χ2v) is 10.2. The molecule has 8 nitrogen and oxygen atoms in total. The van der Waals surface area contributed by atoms with Crippen LogP contribution >= 0.6 is 0 Å². The Bertz CT molecular complexity index is 1740. The van der Waals surface area contributed by atoms with Crippen molar-refractivity contribution in [3.05, 3.63) is 101 Å². The number of hydrogen-bond donors (Lipinski definition) is 1. The van der Waals surface area contributed by atoms with Gasteiger partial charge in [0.25, 0.3) is 0 Å². The van der Waals surface area contributed by atoms with Gasteiger partial charge in [-0.25, -0.2) is 14.2 Å². The van der Waals surface area contributed by atoms with Gasteiger partial charge in [0.05, 0.1) is 25.9 Å². The number of rotatable bonds is 8. The molecule has 0 radical (unpaired) electrons. The van der Waals surface area contributed by atoms with Crippen LogP contribution in [0.2, 0.25) is 0 Å². The van der Waals surface area contributed by atoms with Crippen LogP contribution in [0.4, 0.5) is 4.39 Å². The molecule has 42 heavy (non-hydrogen) atoms. The zero-order chi connectivity index (χ0) is 29.2. The Kier molecular flexibility index (Phi) is 7.78. The Morgan fingerprint density at radius 1 is 1.10 bits per heavy atom. The van der Waals surface area contributed by atoms with Crippen LogP contribution in [0.3, 0.4) is 0 Å². The summed E-state index contributed by atoms with van der Waals surface area (Å²) in [7, 11) is 0. The zero-order valence-electron chi connectivity index (χ0n) is 23.4. The summed E-state index contributed by atoms with van der Waals surface area (Å²) in [6, 6.07) is 16.8. The molecule has 1 unspecified atom stereocenters. The maximum atomic E-state index is 13.4. The van der Waals surface area contributed by atoms with Gasteiger partial charge < -0.3 is 23.7 Å². The number of carbonyl (C=O) groups excluding carboxylic acids is 1. The summed E-state index contributed by atoms with van der Waals surface area (Å²) < 4.78 is 36.7. The second kappa shape index (κ2) is 11.8. The number of phenols is 1. The summed E-state index contributed by atoms with van der Waals surface area (Å²) >= 11 is 0. The van der Waals surface area contributed by atoms with Crippen molar-refractivity contribution in [1.82, 2.24) is 9.88 Å². The number of aromatic hydroxyl groups is 1. The number of halogens is 1. The van der Waals surface area contributed by atoms with Gasteiger partial charge in [0.2, 0.25) is 5.88 Å². The topological polar surface area (TPSA) is 94.3 Å². The van der Waals surface area contributed by atoms with Gasteiger partial charge in [0, 0.05) is 47.1 Å². The molecule has 0 bridgehead atoms. The minimum atomic E-state index is -0.511. The number of pyridine rings is 1. The predicted octanol–water partition coefficient (Wildman–Crippen LogP) is 6.31. The van der Waals surface area contributed by atoms with Crippen molar-refractivity contribution in [2.24, 2.45) is 0 Å². The average molecular weight is 571 g/mol. The predicted molar refractivity (Wildman–Crippen MR) is 155 cm³/mol. The van der Waals surface area contributed by atoms with Crippen molar-refractivity contribution < 1.29 is 32.9 Å². The Balaban J connectivity index is 1.54. The SMILES string of the molecule is CCOC(=O)c1c(C)oc2c1c(C(c1ccnc(OCc3ccc(F)cc3)c1)N1CCOCC1)c(O)c1ccccc12. The quantitative estimate of drug-likeness (QED) is 0.217. The summed E-state index contributed by atoms with van der Waals surface area (Å²) in [5.74, 6) is 0.0280. The van der Waals surface area contributed by atoms with Gasteiger partial charge in [-0.1, -0.05) is 36.4 Å². The maximum Gasteiger partial charge on any atom is 0.342 e. The van der Waals surface area contributed by atoms with Crippen LogP contribution in [-0.4, -0.2) is 53.9 Å². The number of carbonyl (C=O) groups is 1. The number of nitrogens with zero attached hydrogens (tertiary/aromatic N) is 2. The Hall–Kier alpha value is -4.47. The van der Waals surface area contributed by atoms with E-state index in [4.69, 9.17) is 18.6 Å². The molecular weight excluding hydrogens is 539 g/mol. The number of benzene rings is 3. The number of aryl methyl sites for hydroxylation is 1. The fraction of sp³-hybridized carbons (Fsp3) is 0.273. The number of hydrogen-bond acceptors (Lipinski definition) is 8. The number of morpholine rings is 1. The molecule has 1 atom stereocenters. The number of esters is 1. The third-order valence-corrected chi connectivity index (χ3v) is 7.57. The molecule has 0 saturated carbocycles. The van der Waals surface area contributed by atoms with Gasteiger partial charge in [-0.2, -0.15) is 0 Å². The van der Waals surface area contributed by atoms with Crippen LogP contribution in [0.5, 0.6) is 11.6 Å². The first kappa shape index (κ1) is 27.7. The van der Waals surface area contributed by atoms with E-state index in [1.807, 2.05) is 36.4 Å². The molecule has 0 aliphatic carbocycles. The summed E-state index contributed by atoms with van der Waals surface area (Å²) in [4.78, 5) is 19.9. The molecule has 5 aromatic rings. The Morgan fingerprint density at radius 2 is 1.83 bits per heavy atom. The first-order valence-corrected chi connectivity index (χ1v) is 13.9. The maximum absolute atomic E-state index is 13.4. The van der Waals surface area contributed by atoms with Crippen LogP contribution < -0.4 is 4.74 Å². The highest BCUT2D eigenvalue weighted by Gasteiger charge is 2.34. The van der Waals surface area contributed by atoms with Gasteiger partial charge in [0.15, 0.2) is 0 Å². The van der Waals surface area contributed by atoms with Gasteiger partial charge in [-0.05, 0) is 43.2 Å². The van der Waals surface area contributed by atoms with Crippen molar-refractivity contribution in [3.8, 4) is 11.6 Å². The largest absolute Gasteiger partial charge is 0.507 e. The standard InChI is InChI=1S/C33H31FN2O6/c1-3-40-33(38)27-20(2)42-32-25-7-5-4-6-24(25)31(37)29(28(27)32)30(36-14-16-39-17-15-36)22-12-13-35-26(18-22)41-19-21-8-10-23(34)11-9-21/h4-13,18,30,37H,3,14-17,19H2,1-2H3. The Labute approximate surface area is 242 Å². The first-order valence-electron chi connectivity index (χ1n) is 13.9. The highest BCUT2D eigenvalue weighted by molar-refractivity contribution is 6.16. The zero-order valence-corrected chi connectivity index (χ0v) is 23.4. The number of ether oxygens (including phenoxy) is 3. The molecular formula is C33H31FN2O6. The minimum absolute atomic E-state index is 0.0616. The molecule has 1 aliphatic heterocycles. The Morgan fingerprint density at radius 3 is 2.57 bits per heavy atom. The van der Waals surface area contributed by atoms with Crippen molar-refractivity contribution >= 4 is 27.7 Å². The fourth-order valence-corrected chi connectivity index (χ4v) is 5.67. The lowest BCUT2D eigenvalue weighted by molar-refractivity contribution is 0.0237. The number of aromatic nitrogens is 1. The van der Waals surface area contributed by atoms with Crippen LogP contribution in [0, 0.1) is 12.7 Å². The van der Waals surface area contributed by atoms with E-state index in [1.54, 1.807) is 32.2 Å². The third-order valence-electron chi connectivity index (χ3n) is 7.57. The van der Waals surface area contributed by atoms with E-state index in [0.29, 0.717) is 70.8 Å². The van der Waals surface area contributed by atoms with E-state index < -0.39 is 12.0 Å². The molecule has 1 fully saturated rings. The molecule has 216 valence electrons. The number of phenolic OH excluding ortho intramolecular Hbond substituents is 1. The summed E-state index contributed by atoms with van der Waals surface area (Å²) in [5.41, 5.74) is 2.96. The highest BCUT2D eigenvalue weighted by atomic mass is 19.1. The lowest BCUT2D eigenvalue weighted by Crippen LogP contribution is -2.39. The first-order chi connectivity index (χ1) is 20.5. The van der Waals surface area contributed by atoms with Gasteiger partial charge in [0.1, 0.15) is 35.1 Å². The van der Waals surface area contributed by atoms with Gasteiger partial charge in [-0.3, -0.25) is 4.90 Å². The van der Waals surface area contributed by atoms with Crippen molar-refractivity contribution in [3.63, 3.8) is 0 Å². The highest BCUT2D eigenvalue weighted by Crippen LogP contribution is 2.47. The molecule has 0 spiro atoms. The van der Waals surface area contributed by atoms with E-state index in [2.05, 4.69) is 9.88 Å². The summed E-state index contributed by atoms with van der Waals surface area (Å²) in [6.07, 6.45) is 1.66. The molecule has 3 aromatic carbocycles. The third kappa shape index (κ3) is 5.17. The van der Waals surface area contributed by atoms with Crippen molar-refractivity contribution in [1.29, 1.82) is 0 Å². The van der Waals surface area contributed by atoms with Crippen molar-refractivity contribution in [2.75, 3.05) is 32.9 Å². The van der Waals surface area contributed by atoms with Gasteiger partial charge in [-0.15, -0.1) is 0 Å². The molecule has 1 N–H and O–H groups in total. The molecule has 9 heteroatoms. The fourth-order valence-electron chi connectivity index (χ4n) is 5.67. The van der Waals surface area contributed by atoms with E-state index in [1.165, 1.54) is 12.1 Å². The molecule has 6 rings (SSSR count).